The van der Waals surface area contributed by atoms with Crippen LogP contribution in [-0.4, -0.2) is 95.6 Å². The van der Waals surface area contributed by atoms with E-state index in [2.05, 4.69) is 46.4 Å². The number of aryl methyl sites for hydroxylation is 2. The molecule has 53 heavy (non-hydrogen) atoms. The molecule has 1 saturated heterocycles. The number of fused-ring (bicyclic) bond motifs is 6. The van der Waals surface area contributed by atoms with Gasteiger partial charge in [0, 0.05) is 42.9 Å². The molecule has 3 aromatic heterocycles. The number of aromatic amines is 1. The zero-order chi connectivity index (χ0) is 38.9. The SMILES string of the molecule is O=C(Nc1ccc2cc1CCc1cncc(c1)Nc1ncc(Cl)c(n1)N2)N[C@H]1CCN(C(=O)c2cn[nH]c2)C1.O=C(O)C(F)(F)F.O=C(O)C(F)(F)F. The number of aromatic nitrogens is 5. The van der Waals surface area contributed by atoms with Crippen LogP contribution in [0, 0.1) is 0 Å². The number of aliphatic carboxylic acids is 2. The summed E-state index contributed by atoms with van der Waals surface area (Å²) >= 11 is 6.35. The van der Waals surface area contributed by atoms with E-state index >= 15 is 0 Å². The molecule has 0 spiro atoms. The van der Waals surface area contributed by atoms with E-state index in [1.54, 1.807) is 17.3 Å². The fourth-order valence-corrected chi connectivity index (χ4v) is 4.85. The van der Waals surface area contributed by atoms with Crippen LogP contribution >= 0.6 is 11.6 Å². The smallest absolute Gasteiger partial charge is 0.475 e. The number of anilines is 5. The molecule has 0 aliphatic carbocycles. The second-order valence-electron chi connectivity index (χ2n) is 11.0. The molecule has 1 fully saturated rings. The number of amides is 3. The lowest BCUT2D eigenvalue weighted by Gasteiger charge is -2.18. The first-order chi connectivity index (χ1) is 24.9. The van der Waals surface area contributed by atoms with Crippen LogP contribution in [0.25, 0.3) is 0 Å². The first-order valence-electron chi connectivity index (χ1n) is 15.0. The second-order valence-corrected chi connectivity index (χ2v) is 11.4. The van der Waals surface area contributed by atoms with E-state index in [-0.39, 0.29) is 18.0 Å². The van der Waals surface area contributed by atoms with Crippen LogP contribution in [0.5, 0.6) is 0 Å². The fraction of sp³-hybridized carbons (Fsp3) is 0.267. The highest BCUT2D eigenvalue weighted by atomic mass is 35.5. The van der Waals surface area contributed by atoms with E-state index < -0.39 is 24.3 Å². The van der Waals surface area contributed by atoms with Crippen LogP contribution in [-0.2, 0) is 22.4 Å². The van der Waals surface area contributed by atoms with Crippen LogP contribution in [0.4, 0.5) is 60.0 Å². The molecule has 23 heteroatoms. The molecule has 2 aliphatic rings. The van der Waals surface area contributed by atoms with E-state index in [0.717, 1.165) is 22.5 Å². The monoisotopic (exact) mass is 772 g/mol. The number of hydrogen-bond acceptors (Lipinski definition) is 10. The van der Waals surface area contributed by atoms with Gasteiger partial charge in [0.05, 0.1) is 29.8 Å². The number of carbonyl (C=O) groups excluding carboxylic acids is 2. The summed E-state index contributed by atoms with van der Waals surface area (Å²) in [6, 6.07) is 7.19. The minimum atomic E-state index is -5.08. The Bertz CT molecular complexity index is 1920. The third-order valence-electron chi connectivity index (χ3n) is 7.14. The number of nitrogens with zero attached hydrogens (tertiary/aromatic N) is 5. The van der Waals surface area contributed by atoms with Gasteiger partial charge < -0.3 is 36.4 Å². The van der Waals surface area contributed by atoms with Crippen molar-refractivity contribution in [2.45, 2.75) is 37.7 Å². The number of hydrogen-bond donors (Lipinski definition) is 7. The molecule has 5 heterocycles. The summed E-state index contributed by atoms with van der Waals surface area (Å²) in [5.41, 5.74) is 4.69. The Balaban J connectivity index is 0.000000381. The van der Waals surface area contributed by atoms with Crippen molar-refractivity contribution in [1.29, 1.82) is 0 Å². The van der Waals surface area contributed by atoms with Crippen molar-refractivity contribution in [1.82, 2.24) is 35.4 Å². The number of H-pyrrole nitrogens is 1. The van der Waals surface area contributed by atoms with Gasteiger partial charge in [-0.2, -0.15) is 36.4 Å². The van der Waals surface area contributed by atoms with Gasteiger partial charge in [0.1, 0.15) is 5.02 Å². The number of likely N-dealkylation sites (tertiary alicyclic amines) is 1. The van der Waals surface area contributed by atoms with Crippen LogP contribution in [0.15, 0.2) is 55.2 Å². The van der Waals surface area contributed by atoms with Crippen molar-refractivity contribution in [2.24, 2.45) is 0 Å². The number of alkyl halides is 6. The van der Waals surface area contributed by atoms with Gasteiger partial charge in [-0.15, -0.1) is 0 Å². The van der Waals surface area contributed by atoms with Crippen molar-refractivity contribution in [3.8, 4) is 0 Å². The molecule has 1 atom stereocenters. The summed E-state index contributed by atoms with van der Waals surface area (Å²) in [5.74, 6) is -4.77. The van der Waals surface area contributed by atoms with Gasteiger partial charge in [-0.05, 0) is 54.7 Å². The van der Waals surface area contributed by atoms with E-state index in [1.165, 1.54) is 12.4 Å². The standard InChI is InChI=1S/C26H25ClN10O2.2C2HF3O2/c27-21-13-29-25-33-20-7-15(9-28-12-20)1-2-16-8-18(32-23(21)36-25)3-4-22(16)35-26(39)34-19-5-6-37(14-19)24(38)17-10-30-31-11-17;2*3-2(4,5)1(6)7/h3-4,7-13,19H,1-2,5-6,14H2,(H,30,31)(H2,34,35,39)(H2,29,32,33,36);2*(H,6,7)/t19-;;/m0../s1. The lowest BCUT2D eigenvalue weighted by Crippen LogP contribution is -2.40. The number of carbonyl (C=O) groups is 4. The number of pyridine rings is 1. The van der Waals surface area contributed by atoms with E-state index in [4.69, 9.17) is 31.4 Å². The Morgan fingerprint density at radius 3 is 2.25 bits per heavy atom. The summed E-state index contributed by atoms with van der Waals surface area (Å²) in [5, 5.41) is 33.5. The van der Waals surface area contributed by atoms with E-state index in [0.29, 0.717) is 60.4 Å². The minimum absolute atomic E-state index is 0.104. The topological polar surface area (TPSA) is 227 Å². The predicted octanol–water partition coefficient (Wildman–Crippen LogP) is 5.14. The fourth-order valence-electron chi connectivity index (χ4n) is 4.71. The highest BCUT2D eigenvalue weighted by molar-refractivity contribution is 6.32. The quantitative estimate of drug-likeness (QED) is 0.134. The van der Waals surface area contributed by atoms with Gasteiger partial charge in [-0.1, -0.05) is 11.6 Å². The summed E-state index contributed by atoms with van der Waals surface area (Å²) in [4.78, 5) is 58.1. The first kappa shape index (κ1) is 39.6. The number of halogens is 7. The number of benzene rings is 1. The normalized spacial score (nSPS) is 14.8. The Labute approximate surface area is 299 Å². The maximum Gasteiger partial charge on any atom is 0.490 e. The predicted molar refractivity (Wildman–Crippen MR) is 174 cm³/mol. The molecule has 0 radical (unpaired) electrons. The third-order valence-corrected chi connectivity index (χ3v) is 7.41. The first-order valence-corrected chi connectivity index (χ1v) is 15.4. The Hall–Kier alpha value is -6.19. The van der Waals surface area contributed by atoms with Crippen molar-refractivity contribution >= 4 is 64.3 Å². The Morgan fingerprint density at radius 2 is 1.60 bits per heavy atom. The summed E-state index contributed by atoms with van der Waals surface area (Å²) < 4.78 is 63.5. The number of carboxylic acids is 2. The van der Waals surface area contributed by atoms with Gasteiger partial charge in [-0.3, -0.25) is 14.9 Å². The van der Waals surface area contributed by atoms with Crippen molar-refractivity contribution in [3.05, 3.63) is 77.0 Å². The summed E-state index contributed by atoms with van der Waals surface area (Å²) in [7, 11) is 0. The highest BCUT2D eigenvalue weighted by Gasteiger charge is 2.39. The van der Waals surface area contributed by atoms with Crippen LogP contribution in [0.2, 0.25) is 5.02 Å². The van der Waals surface area contributed by atoms with Crippen molar-refractivity contribution in [2.75, 3.05) is 29.0 Å². The van der Waals surface area contributed by atoms with Gasteiger partial charge in [-0.25, -0.2) is 19.4 Å². The van der Waals surface area contributed by atoms with Gasteiger partial charge in [0.15, 0.2) is 5.82 Å². The van der Waals surface area contributed by atoms with Crippen molar-refractivity contribution < 1.29 is 55.7 Å². The Morgan fingerprint density at radius 1 is 0.906 bits per heavy atom. The molecule has 6 bridgehead atoms. The minimum Gasteiger partial charge on any atom is -0.475 e. The average molecular weight is 773 g/mol. The zero-order valence-corrected chi connectivity index (χ0v) is 27.5. The van der Waals surface area contributed by atoms with Crippen LogP contribution in [0.3, 0.4) is 0 Å². The number of carboxylic acid groups (broad SMARTS) is 2. The molecule has 16 nitrogen and oxygen atoms in total. The zero-order valence-electron chi connectivity index (χ0n) is 26.7. The second kappa shape index (κ2) is 16.9. The molecular weight excluding hydrogens is 746 g/mol. The number of rotatable bonds is 3. The molecule has 6 rings (SSSR count). The molecule has 4 aromatic rings. The molecule has 282 valence electrons. The number of nitrogens with one attached hydrogen (secondary N) is 5. The largest absolute Gasteiger partial charge is 0.490 e. The average Bonchev–Trinajstić information content (AvgIpc) is 3.79. The molecule has 1 aromatic carbocycles. The van der Waals surface area contributed by atoms with Gasteiger partial charge in [0.25, 0.3) is 5.91 Å². The molecule has 0 saturated carbocycles. The van der Waals surface area contributed by atoms with Crippen molar-refractivity contribution in [3.63, 3.8) is 0 Å². The Kier molecular flexibility index (Phi) is 12.6. The molecular formula is C30H27ClF6N10O6. The maximum atomic E-state index is 13.0. The van der Waals surface area contributed by atoms with E-state index in [9.17, 15) is 35.9 Å². The van der Waals surface area contributed by atoms with Gasteiger partial charge in [0.2, 0.25) is 5.95 Å². The molecule has 0 unspecified atom stereocenters. The molecule has 2 aliphatic heterocycles. The molecule has 3 amide bonds. The van der Waals surface area contributed by atoms with Crippen LogP contribution in [0.1, 0.15) is 27.9 Å². The number of urea groups is 1. The lowest BCUT2D eigenvalue weighted by atomic mass is 10.0. The third kappa shape index (κ3) is 11.7. The van der Waals surface area contributed by atoms with E-state index in [1.807, 2.05) is 30.5 Å². The summed E-state index contributed by atoms with van der Waals surface area (Å²) in [6.07, 6.45) is -0.00747. The summed E-state index contributed by atoms with van der Waals surface area (Å²) in [6.45, 7) is 1.00. The van der Waals surface area contributed by atoms with Crippen LogP contribution < -0.4 is 21.3 Å². The van der Waals surface area contributed by atoms with Gasteiger partial charge >= 0.3 is 30.3 Å². The molecule has 7 N–H and O–H groups in total. The lowest BCUT2D eigenvalue weighted by molar-refractivity contribution is -0.193. The highest BCUT2D eigenvalue weighted by Crippen LogP contribution is 2.29. The maximum absolute atomic E-state index is 13.0.